The Kier molecular flexibility index (Phi) is 5.05. The molecule has 0 aliphatic rings. The third kappa shape index (κ3) is 3.92. The fraction of sp³-hybridized carbons (Fsp3) is 0.118. The zero-order chi connectivity index (χ0) is 16.8. The van der Waals surface area contributed by atoms with E-state index in [0.29, 0.717) is 11.1 Å². The van der Waals surface area contributed by atoms with Crippen molar-refractivity contribution in [3.63, 3.8) is 0 Å². The molecular weight excluding hydrogens is 299 g/mol. The van der Waals surface area contributed by atoms with Crippen molar-refractivity contribution in [3.05, 3.63) is 71.0 Å². The average molecular weight is 312 g/mol. The van der Waals surface area contributed by atoms with E-state index in [1.54, 1.807) is 24.3 Å². The van der Waals surface area contributed by atoms with Gasteiger partial charge in [0.25, 0.3) is 5.91 Å². The number of carbonyl (C=O) groups is 2. The smallest absolute Gasteiger partial charge is 0.326 e. The van der Waals surface area contributed by atoms with Crippen LogP contribution in [0, 0.1) is 17.1 Å². The molecule has 0 aliphatic carbocycles. The second kappa shape index (κ2) is 7.18. The Balaban J connectivity index is 2.20. The number of aliphatic carboxylic acids is 1. The number of hydrogen-bond acceptors (Lipinski definition) is 3. The van der Waals surface area contributed by atoms with E-state index in [4.69, 9.17) is 5.26 Å². The molecule has 23 heavy (non-hydrogen) atoms. The molecule has 0 aliphatic heterocycles. The first-order chi connectivity index (χ1) is 11.0. The van der Waals surface area contributed by atoms with Gasteiger partial charge in [-0.15, -0.1) is 0 Å². The van der Waals surface area contributed by atoms with Crippen molar-refractivity contribution in [2.45, 2.75) is 12.5 Å². The van der Waals surface area contributed by atoms with Gasteiger partial charge in [0.1, 0.15) is 11.9 Å². The third-order valence-corrected chi connectivity index (χ3v) is 3.28. The van der Waals surface area contributed by atoms with Crippen molar-refractivity contribution < 1.29 is 19.1 Å². The van der Waals surface area contributed by atoms with Crippen molar-refractivity contribution in [3.8, 4) is 6.07 Å². The van der Waals surface area contributed by atoms with Crippen LogP contribution >= 0.6 is 0 Å². The summed E-state index contributed by atoms with van der Waals surface area (Å²) in [5.74, 6) is -2.81. The Bertz CT molecular complexity index is 783. The van der Waals surface area contributed by atoms with Gasteiger partial charge < -0.3 is 10.4 Å². The first-order valence-corrected chi connectivity index (χ1v) is 6.79. The Hall–Kier alpha value is -3.20. The minimum atomic E-state index is -1.27. The summed E-state index contributed by atoms with van der Waals surface area (Å²) in [5.41, 5.74) is 0.599. The van der Waals surface area contributed by atoms with Crippen LogP contribution < -0.4 is 5.32 Å². The number of benzene rings is 2. The van der Waals surface area contributed by atoms with Gasteiger partial charge >= 0.3 is 5.97 Å². The standard InChI is InChI=1S/C17H13FN2O3/c18-14-8-4-3-7-13(14)16(21)20-15(17(22)23)9-11-5-1-2-6-12(11)10-19/h1-8,15H,9H2,(H,20,21)(H,22,23)/t15-/m0/s1. The molecule has 2 aromatic carbocycles. The first kappa shape index (κ1) is 16.2. The van der Waals surface area contributed by atoms with Crippen LogP contribution in [-0.2, 0) is 11.2 Å². The lowest BCUT2D eigenvalue weighted by Gasteiger charge is -2.15. The van der Waals surface area contributed by atoms with Crippen LogP contribution in [0.1, 0.15) is 21.5 Å². The van der Waals surface area contributed by atoms with Gasteiger partial charge in [0.05, 0.1) is 17.2 Å². The van der Waals surface area contributed by atoms with Crippen molar-refractivity contribution in [2.24, 2.45) is 0 Å². The minimum absolute atomic E-state index is 0.0702. The molecule has 0 bridgehead atoms. The van der Waals surface area contributed by atoms with E-state index in [0.717, 1.165) is 6.07 Å². The molecule has 0 radical (unpaired) electrons. The van der Waals surface area contributed by atoms with Gasteiger partial charge in [0.15, 0.2) is 0 Å². The van der Waals surface area contributed by atoms with Gasteiger partial charge in [0.2, 0.25) is 0 Å². The van der Waals surface area contributed by atoms with E-state index < -0.39 is 23.7 Å². The van der Waals surface area contributed by atoms with Crippen molar-refractivity contribution >= 4 is 11.9 Å². The molecule has 1 atom stereocenters. The van der Waals surface area contributed by atoms with Gasteiger partial charge in [-0.05, 0) is 23.8 Å². The highest BCUT2D eigenvalue weighted by molar-refractivity contribution is 5.96. The summed E-state index contributed by atoms with van der Waals surface area (Å²) in [4.78, 5) is 23.4. The lowest BCUT2D eigenvalue weighted by molar-refractivity contribution is -0.139. The Morgan fingerprint density at radius 3 is 2.48 bits per heavy atom. The Morgan fingerprint density at radius 2 is 1.83 bits per heavy atom. The molecule has 0 unspecified atom stereocenters. The second-order valence-electron chi connectivity index (χ2n) is 4.82. The number of halogens is 1. The van der Waals surface area contributed by atoms with Crippen LogP contribution in [0.3, 0.4) is 0 Å². The summed E-state index contributed by atoms with van der Waals surface area (Å²) in [5, 5.41) is 20.6. The van der Waals surface area contributed by atoms with Crippen LogP contribution in [-0.4, -0.2) is 23.0 Å². The zero-order valence-electron chi connectivity index (χ0n) is 12.0. The number of carbonyl (C=O) groups excluding carboxylic acids is 1. The van der Waals surface area contributed by atoms with E-state index in [-0.39, 0.29) is 12.0 Å². The number of hydrogen-bond donors (Lipinski definition) is 2. The number of nitrogens with one attached hydrogen (secondary N) is 1. The van der Waals surface area contributed by atoms with E-state index in [1.165, 1.54) is 18.2 Å². The molecule has 0 fully saturated rings. The SMILES string of the molecule is N#Cc1ccccc1C[C@H](NC(=O)c1ccccc1F)C(=O)O. The van der Waals surface area contributed by atoms with E-state index in [9.17, 15) is 19.1 Å². The fourth-order valence-corrected chi connectivity index (χ4v) is 2.11. The van der Waals surface area contributed by atoms with E-state index in [1.807, 2.05) is 6.07 Å². The van der Waals surface area contributed by atoms with Crippen molar-refractivity contribution in [1.82, 2.24) is 5.32 Å². The molecule has 6 heteroatoms. The summed E-state index contributed by atoms with van der Waals surface area (Å²) in [6.07, 6.45) is -0.0702. The maximum atomic E-state index is 13.6. The number of amides is 1. The molecular formula is C17H13FN2O3. The van der Waals surface area contributed by atoms with Crippen LogP contribution in [0.15, 0.2) is 48.5 Å². The van der Waals surface area contributed by atoms with Crippen LogP contribution in [0.25, 0.3) is 0 Å². The number of carboxylic acid groups (broad SMARTS) is 1. The molecule has 2 N–H and O–H groups in total. The van der Waals surface area contributed by atoms with Crippen molar-refractivity contribution in [2.75, 3.05) is 0 Å². The van der Waals surface area contributed by atoms with E-state index >= 15 is 0 Å². The van der Waals surface area contributed by atoms with Gasteiger partial charge in [-0.3, -0.25) is 4.79 Å². The van der Waals surface area contributed by atoms with Gasteiger partial charge in [-0.2, -0.15) is 5.26 Å². The van der Waals surface area contributed by atoms with Gasteiger partial charge in [0, 0.05) is 6.42 Å². The summed E-state index contributed by atoms with van der Waals surface area (Å²) < 4.78 is 13.6. The third-order valence-electron chi connectivity index (χ3n) is 3.28. The number of nitrogens with zero attached hydrogens (tertiary/aromatic N) is 1. The molecule has 1 amide bonds. The molecule has 2 rings (SSSR count). The normalized spacial score (nSPS) is 11.3. The molecule has 5 nitrogen and oxygen atoms in total. The van der Waals surface area contributed by atoms with Gasteiger partial charge in [-0.25, -0.2) is 9.18 Å². The minimum Gasteiger partial charge on any atom is -0.480 e. The molecule has 0 heterocycles. The molecule has 0 saturated carbocycles. The number of rotatable bonds is 5. The highest BCUT2D eigenvalue weighted by atomic mass is 19.1. The van der Waals surface area contributed by atoms with Crippen LogP contribution in [0.4, 0.5) is 4.39 Å². The number of carboxylic acids is 1. The highest BCUT2D eigenvalue weighted by Crippen LogP contribution is 2.12. The fourth-order valence-electron chi connectivity index (χ4n) is 2.11. The maximum absolute atomic E-state index is 13.6. The van der Waals surface area contributed by atoms with Gasteiger partial charge in [-0.1, -0.05) is 30.3 Å². The molecule has 116 valence electrons. The zero-order valence-corrected chi connectivity index (χ0v) is 12.0. The monoisotopic (exact) mass is 312 g/mol. The first-order valence-electron chi connectivity index (χ1n) is 6.79. The van der Waals surface area contributed by atoms with E-state index in [2.05, 4.69) is 5.32 Å². The molecule has 0 aromatic heterocycles. The highest BCUT2D eigenvalue weighted by Gasteiger charge is 2.23. The summed E-state index contributed by atoms with van der Waals surface area (Å²) >= 11 is 0. The number of nitriles is 1. The average Bonchev–Trinajstić information content (AvgIpc) is 2.54. The lowest BCUT2D eigenvalue weighted by atomic mass is 10.0. The lowest BCUT2D eigenvalue weighted by Crippen LogP contribution is -2.42. The predicted molar refractivity (Wildman–Crippen MR) is 80.2 cm³/mol. The Labute approximate surface area is 132 Å². The molecule has 0 saturated heterocycles. The van der Waals surface area contributed by atoms with Crippen molar-refractivity contribution in [1.29, 1.82) is 5.26 Å². The second-order valence-corrected chi connectivity index (χ2v) is 4.82. The van der Waals surface area contributed by atoms with Crippen LogP contribution in [0.2, 0.25) is 0 Å². The molecule has 0 spiro atoms. The molecule has 2 aromatic rings. The van der Waals surface area contributed by atoms with Crippen LogP contribution in [0.5, 0.6) is 0 Å². The summed E-state index contributed by atoms with van der Waals surface area (Å²) in [6.45, 7) is 0. The topological polar surface area (TPSA) is 90.2 Å². The largest absolute Gasteiger partial charge is 0.480 e. The summed E-state index contributed by atoms with van der Waals surface area (Å²) in [7, 11) is 0. The summed E-state index contributed by atoms with van der Waals surface area (Å²) in [6, 6.07) is 12.5. The maximum Gasteiger partial charge on any atom is 0.326 e. The Morgan fingerprint density at radius 1 is 1.17 bits per heavy atom. The quantitative estimate of drug-likeness (QED) is 0.885. The predicted octanol–water partition coefficient (Wildman–Crippen LogP) is 2.12.